The van der Waals surface area contributed by atoms with Gasteiger partial charge in [-0.15, -0.1) is 12.4 Å². The second-order valence-corrected chi connectivity index (χ2v) is 7.67. The van der Waals surface area contributed by atoms with Crippen LogP contribution < -0.4 is 20.9 Å². The fourth-order valence-corrected chi connectivity index (χ4v) is 4.13. The third-order valence-electron chi connectivity index (χ3n) is 5.89. The summed E-state index contributed by atoms with van der Waals surface area (Å²) >= 11 is 0. The van der Waals surface area contributed by atoms with Crippen molar-refractivity contribution >= 4 is 29.3 Å². The van der Waals surface area contributed by atoms with Crippen LogP contribution in [-0.4, -0.2) is 63.4 Å². The zero-order valence-electron chi connectivity index (χ0n) is 18.2. The lowest BCUT2D eigenvalue weighted by molar-refractivity contribution is 0.250. The van der Waals surface area contributed by atoms with Gasteiger partial charge < -0.3 is 14.2 Å². The van der Waals surface area contributed by atoms with Crippen LogP contribution in [0.1, 0.15) is 6.42 Å². The van der Waals surface area contributed by atoms with E-state index in [9.17, 15) is 9.59 Å². The molecular weight excluding hydrogens is 420 g/mol. The number of hydrogen-bond acceptors (Lipinski definition) is 6. The molecule has 3 aromatic rings. The molecule has 1 aliphatic heterocycles. The van der Waals surface area contributed by atoms with Crippen molar-refractivity contribution in [1.82, 2.24) is 23.6 Å². The summed E-state index contributed by atoms with van der Waals surface area (Å²) in [5.41, 5.74) is 1.42. The third-order valence-corrected chi connectivity index (χ3v) is 5.89. The Morgan fingerprint density at radius 3 is 2.42 bits per heavy atom. The molecule has 0 amide bonds. The molecule has 0 N–H and O–H groups in total. The average Bonchev–Trinajstić information content (AvgIpc) is 3.21. The van der Waals surface area contributed by atoms with E-state index in [0.717, 1.165) is 55.1 Å². The fraction of sp³-hybridized carbons (Fsp3) is 0.476. The van der Waals surface area contributed by atoms with Crippen LogP contribution in [0.3, 0.4) is 0 Å². The molecule has 10 heteroatoms. The topological polar surface area (TPSA) is 77.5 Å². The quantitative estimate of drug-likeness (QED) is 0.561. The SMILES string of the molecule is COc1ccccc1N1CCN(CCCn2cnc3c2c(=O)n(C)c(=O)n3C)CC1.Cl. The van der Waals surface area contributed by atoms with Crippen molar-refractivity contribution in [2.24, 2.45) is 14.1 Å². The molecule has 4 rings (SSSR count). The van der Waals surface area contributed by atoms with E-state index in [0.29, 0.717) is 17.7 Å². The van der Waals surface area contributed by atoms with E-state index in [4.69, 9.17) is 4.74 Å². The highest BCUT2D eigenvalue weighted by molar-refractivity contribution is 5.85. The van der Waals surface area contributed by atoms with Gasteiger partial charge in [0, 0.05) is 46.8 Å². The standard InChI is InChI=1S/C21H28N6O3.ClH/c1-23-19-18(20(28)24(2)21(23)29)27(15-22-19)10-6-9-25-11-13-26(14-12-25)16-7-4-5-8-17(16)30-3;/h4-5,7-8,15H,6,9-14H2,1-3H3;1H. The molecule has 0 radical (unpaired) electrons. The van der Waals surface area contributed by atoms with Crippen LogP contribution in [-0.2, 0) is 20.6 Å². The second-order valence-electron chi connectivity index (χ2n) is 7.67. The normalized spacial score (nSPS) is 14.6. The zero-order valence-corrected chi connectivity index (χ0v) is 19.0. The van der Waals surface area contributed by atoms with Crippen molar-refractivity contribution in [2.45, 2.75) is 13.0 Å². The molecule has 1 saturated heterocycles. The van der Waals surface area contributed by atoms with Crippen LogP contribution in [0.25, 0.3) is 11.2 Å². The minimum absolute atomic E-state index is 0. The number of aryl methyl sites for hydroxylation is 2. The van der Waals surface area contributed by atoms with Gasteiger partial charge >= 0.3 is 5.69 Å². The van der Waals surface area contributed by atoms with Gasteiger partial charge in [-0.25, -0.2) is 9.78 Å². The molecule has 0 bridgehead atoms. The molecule has 0 spiro atoms. The number of aromatic nitrogens is 4. The predicted molar refractivity (Wildman–Crippen MR) is 124 cm³/mol. The Balaban J connectivity index is 0.00000272. The van der Waals surface area contributed by atoms with Crippen LogP contribution in [0, 0.1) is 0 Å². The molecule has 31 heavy (non-hydrogen) atoms. The molecule has 0 aliphatic carbocycles. The Kier molecular flexibility index (Phi) is 7.07. The van der Waals surface area contributed by atoms with Crippen LogP contribution in [0.15, 0.2) is 40.2 Å². The predicted octanol–water partition coefficient (Wildman–Crippen LogP) is 1.08. The van der Waals surface area contributed by atoms with Gasteiger partial charge in [0.2, 0.25) is 0 Å². The summed E-state index contributed by atoms with van der Waals surface area (Å²) in [6.07, 6.45) is 2.57. The molecule has 1 fully saturated rings. The highest BCUT2D eigenvalue weighted by Gasteiger charge is 2.19. The lowest BCUT2D eigenvalue weighted by Crippen LogP contribution is -2.46. The Morgan fingerprint density at radius 1 is 1.00 bits per heavy atom. The first kappa shape index (κ1) is 22.9. The molecule has 1 aliphatic rings. The number of rotatable bonds is 6. The second kappa shape index (κ2) is 9.57. The number of anilines is 1. The average molecular weight is 449 g/mol. The van der Waals surface area contributed by atoms with E-state index in [2.05, 4.69) is 20.9 Å². The number of para-hydroxylation sites is 2. The number of nitrogens with zero attached hydrogens (tertiary/aromatic N) is 6. The molecular formula is C21H29ClN6O3. The molecule has 3 heterocycles. The number of piperazine rings is 1. The maximum absolute atomic E-state index is 12.5. The van der Waals surface area contributed by atoms with Crippen LogP contribution in [0.2, 0.25) is 0 Å². The van der Waals surface area contributed by atoms with Crippen molar-refractivity contribution in [3.05, 3.63) is 51.4 Å². The summed E-state index contributed by atoms with van der Waals surface area (Å²) in [5, 5.41) is 0. The van der Waals surface area contributed by atoms with Gasteiger partial charge in [-0.05, 0) is 25.1 Å². The Bertz CT molecular complexity index is 1160. The summed E-state index contributed by atoms with van der Waals surface area (Å²) in [7, 11) is 4.85. The van der Waals surface area contributed by atoms with E-state index in [1.165, 1.54) is 11.6 Å². The van der Waals surface area contributed by atoms with Crippen molar-refractivity contribution < 1.29 is 4.74 Å². The largest absolute Gasteiger partial charge is 0.495 e. The van der Waals surface area contributed by atoms with Gasteiger partial charge in [0.25, 0.3) is 5.56 Å². The van der Waals surface area contributed by atoms with E-state index >= 15 is 0 Å². The van der Waals surface area contributed by atoms with E-state index in [1.807, 2.05) is 22.8 Å². The first-order chi connectivity index (χ1) is 14.5. The number of imidazole rings is 1. The minimum atomic E-state index is -0.356. The lowest BCUT2D eigenvalue weighted by Gasteiger charge is -2.36. The first-order valence-electron chi connectivity index (χ1n) is 10.2. The highest BCUT2D eigenvalue weighted by Crippen LogP contribution is 2.28. The number of halogens is 1. The van der Waals surface area contributed by atoms with Gasteiger partial charge in [0.15, 0.2) is 11.2 Å². The van der Waals surface area contributed by atoms with Gasteiger partial charge in [-0.1, -0.05) is 12.1 Å². The number of ether oxygens (including phenoxy) is 1. The van der Waals surface area contributed by atoms with E-state index in [1.54, 1.807) is 20.5 Å². The smallest absolute Gasteiger partial charge is 0.332 e. The number of benzene rings is 1. The monoisotopic (exact) mass is 448 g/mol. The van der Waals surface area contributed by atoms with Crippen molar-refractivity contribution in [2.75, 3.05) is 44.7 Å². The molecule has 0 unspecified atom stereocenters. The molecule has 0 atom stereocenters. The van der Waals surface area contributed by atoms with E-state index < -0.39 is 0 Å². The maximum atomic E-state index is 12.5. The molecule has 0 saturated carbocycles. The Morgan fingerprint density at radius 2 is 1.71 bits per heavy atom. The van der Waals surface area contributed by atoms with Crippen LogP contribution in [0.5, 0.6) is 5.75 Å². The summed E-state index contributed by atoms with van der Waals surface area (Å²) in [6, 6.07) is 8.13. The molecule has 2 aromatic heterocycles. The molecule has 1 aromatic carbocycles. The van der Waals surface area contributed by atoms with Gasteiger partial charge in [-0.3, -0.25) is 18.8 Å². The summed E-state index contributed by atoms with van der Waals surface area (Å²) < 4.78 is 9.91. The van der Waals surface area contributed by atoms with Gasteiger partial charge in [0.05, 0.1) is 19.1 Å². The van der Waals surface area contributed by atoms with Crippen molar-refractivity contribution in [1.29, 1.82) is 0 Å². The van der Waals surface area contributed by atoms with Crippen LogP contribution >= 0.6 is 12.4 Å². The Labute approximate surface area is 186 Å². The summed E-state index contributed by atoms with van der Waals surface area (Å²) in [4.78, 5) is 33.7. The minimum Gasteiger partial charge on any atom is -0.495 e. The third kappa shape index (κ3) is 4.33. The molecule has 9 nitrogen and oxygen atoms in total. The maximum Gasteiger partial charge on any atom is 0.332 e. The Hall–Kier alpha value is -2.78. The van der Waals surface area contributed by atoms with Gasteiger partial charge in [-0.2, -0.15) is 0 Å². The van der Waals surface area contributed by atoms with Gasteiger partial charge in [0.1, 0.15) is 5.75 Å². The summed E-state index contributed by atoms with van der Waals surface area (Å²) in [5.74, 6) is 0.911. The van der Waals surface area contributed by atoms with E-state index in [-0.39, 0.29) is 23.7 Å². The summed E-state index contributed by atoms with van der Waals surface area (Å²) in [6.45, 7) is 5.52. The lowest BCUT2D eigenvalue weighted by atomic mass is 10.2. The number of fused-ring (bicyclic) bond motifs is 1. The molecule has 168 valence electrons. The highest BCUT2D eigenvalue weighted by atomic mass is 35.5. The number of methoxy groups -OCH3 is 1. The van der Waals surface area contributed by atoms with Crippen LogP contribution in [0.4, 0.5) is 5.69 Å². The first-order valence-corrected chi connectivity index (χ1v) is 10.2. The zero-order chi connectivity index (χ0) is 21.3. The fourth-order valence-electron chi connectivity index (χ4n) is 4.13. The van der Waals surface area contributed by atoms with Crippen molar-refractivity contribution in [3.63, 3.8) is 0 Å². The number of hydrogen-bond donors (Lipinski definition) is 0. The van der Waals surface area contributed by atoms with Crippen molar-refractivity contribution in [3.8, 4) is 5.75 Å².